The SMILES string of the molecule is CC(CCCO)NC(=O)c1csc(-c2cccc(Cl)c2)n1. The van der Waals surface area contributed by atoms with Gasteiger partial charge in [-0.15, -0.1) is 11.3 Å². The molecule has 0 radical (unpaired) electrons. The lowest BCUT2D eigenvalue weighted by atomic mass is 10.2. The number of carbonyl (C=O) groups is 1. The van der Waals surface area contributed by atoms with E-state index >= 15 is 0 Å². The van der Waals surface area contributed by atoms with E-state index in [4.69, 9.17) is 16.7 Å². The molecule has 1 unspecified atom stereocenters. The Kier molecular flexibility index (Phi) is 5.73. The molecule has 0 spiro atoms. The van der Waals surface area contributed by atoms with Gasteiger partial charge in [0.1, 0.15) is 10.7 Å². The maximum Gasteiger partial charge on any atom is 0.270 e. The molecule has 0 saturated carbocycles. The molecule has 1 heterocycles. The summed E-state index contributed by atoms with van der Waals surface area (Å²) in [5.74, 6) is -0.190. The topological polar surface area (TPSA) is 62.2 Å². The van der Waals surface area contributed by atoms with Crippen LogP contribution in [-0.4, -0.2) is 28.6 Å². The maximum absolute atomic E-state index is 12.1. The molecule has 0 aliphatic rings. The van der Waals surface area contributed by atoms with Crippen LogP contribution >= 0.6 is 22.9 Å². The number of hydrogen-bond donors (Lipinski definition) is 2. The van der Waals surface area contributed by atoms with Crippen LogP contribution in [0.2, 0.25) is 5.02 Å². The summed E-state index contributed by atoms with van der Waals surface area (Å²) in [5.41, 5.74) is 1.31. The van der Waals surface area contributed by atoms with Gasteiger partial charge in [-0.3, -0.25) is 4.79 Å². The van der Waals surface area contributed by atoms with Crippen molar-refractivity contribution in [3.63, 3.8) is 0 Å². The molecule has 0 aliphatic carbocycles. The second-order valence-electron chi connectivity index (χ2n) is 4.79. The Morgan fingerprint density at radius 3 is 3.05 bits per heavy atom. The van der Waals surface area contributed by atoms with Crippen molar-refractivity contribution in [2.75, 3.05) is 6.61 Å². The van der Waals surface area contributed by atoms with Gasteiger partial charge in [0.2, 0.25) is 0 Å². The molecule has 1 atom stereocenters. The standard InChI is InChI=1S/C15H17ClN2O2S/c1-10(4-3-7-19)17-14(20)13-9-21-15(18-13)11-5-2-6-12(16)8-11/h2,5-6,8-10,19H,3-4,7H2,1H3,(H,17,20). The zero-order chi connectivity index (χ0) is 15.2. The van der Waals surface area contributed by atoms with Gasteiger partial charge >= 0.3 is 0 Å². The molecule has 0 saturated heterocycles. The van der Waals surface area contributed by atoms with E-state index in [1.807, 2.05) is 25.1 Å². The molecule has 21 heavy (non-hydrogen) atoms. The first kappa shape index (κ1) is 15.9. The first-order valence-electron chi connectivity index (χ1n) is 6.73. The van der Waals surface area contributed by atoms with Crippen molar-refractivity contribution in [3.05, 3.63) is 40.4 Å². The first-order chi connectivity index (χ1) is 10.1. The molecule has 4 nitrogen and oxygen atoms in total. The van der Waals surface area contributed by atoms with Gasteiger partial charge in [-0.2, -0.15) is 0 Å². The molecule has 2 N–H and O–H groups in total. The molecule has 1 aromatic carbocycles. The predicted octanol–water partition coefficient (Wildman–Crippen LogP) is 3.35. The van der Waals surface area contributed by atoms with Crippen LogP contribution in [0.3, 0.4) is 0 Å². The lowest BCUT2D eigenvalue weighted by molar-refractivity contribution is 0.0932. The van der Waals surface area contributed by atoms with Crippen LogP contribution in [0.1, 0.15) is 30.3 Å². The summed E-state index contributed by atoms with van der Waals surface area (Å²) in [6.45, 7) is 2.05. The first-order valence-corrected chi connectivity index (χ1v) is 7.99. The largest absolute Gasteiger partial charge is 0.396 e. The molecule has 1 aromatic heterocycles. The molecule has 2 aromatic rings. The quantitative estimate of drug-likeness (QED) is 0.856. The maximum atomic E-state index is 12.1. The highest BCUT2D eigenvalue weighted by Gasteiger charge is 2.14. The summed E-state index contributed by atoms with van der Waals surface area (Å²) in [4.78, 5) is 16.4. The molecule has 0 aliphatic heterocycles. The van der Waals surface area contributed by atoms with Gasteiger partial charge < -0.3 is 10.4 Å². The van der Waals surface area contributed by atoms with Crippen LogP contribution in [0.25, 0.3) is 10.6 Å². The molecule has 0 fully saturated rings. The molecular formula is C15H17ClN2O2S. The van der Waals surface area contributed by atoms with Crippen molar-refractivity contribution < 1.29 is 9.90 Å². The highest BCUT2D eigenvalue weighted by atomic mass is 35.5. The Morgan fingerprint density at radius 2 is 2.33 bits per heavy atom. The third-order valence-electron chi connectivity index (χ3n) is 2.98. The Bertz CT molecular complexity index is 615. The number of hydrogen-bond acceptors (Lipinski definition) is 4. The minimum Gasteiger partial charge on any atom is -0.396 e. The number of aliphatic hydroxyl groups is 1. The van der Waals surface area contributed by atoms with Gasteiger partial charge in [0.05, 0.1) is 0 Å². The third-order valence-corrected chi connectivity index (χ3v) is 4.11. The second kappa shape index (κ2) is 7.54. The number of nitrogens with one attached hydrogen (secondary N) is 1. The molecule has 112 valence electrons. The number of halogens is 1. The van der Waals surface area contributed by atoms with E-state index in [1.54, 1.807) is 11.4 Å². The van der Waals surface area contributed by atoms with Crippen molar-refractivity contribution in [1.82, 2.24) is 10.3 Å². The van der Waals surface area contributed by atoms with Gasteiger partial charge in [0.15, 0.2) is 0 Å². The Morgan fingerprint density at radius 1 is 1.52 bits per heavy atom. The van der Waals surface area contributed by atoms with Gasteiger partial charge in [-0.05, 0) is 31.9 Å². The highest BCUT2D eigenvalue weighted by Crippen LogP contribution is 2.26. The lowest BCUT2D eigenvalue weighted by Gasteiger charge is -2.11. The van der Waals surface area contributed by atoms with Crippen molar-refractivity contribution in [2.24, 2.45) is 0 Å². The molecular weight excluding hydrogens is 308 g/mol. The highest BCUT2D eigenvalue weighted by molar-refractivity contribution is 7.13. The summed E-state index contributed by atoms with van der Waals surface area (Å²) in [7, 11) is 0. The van der Waals surface area contributed by atoms with Crippen LogP contribution in [0.4, 0.5) is 0 Å². The van der Waals surface area contributed by atoms with Gasteiger partial charge in [-0.25, -0.2) is 4.98 Å². The zero-order valence-corrected chi connectivity index (χ0v) is 13.2. The fraction of sp³-hybridized carbons (Fsp3) is 0.333. The van der Waals surface area contributed by atoms with Crippen LogP contribution in [-0.2, 0) is 0 Å². The van der Waals surface area contributed by atoms with Gasteiger partial charge in [0, 0.05) is 28.6 Å². The van der Waals surface area contributed by atoms with E-state index in [2.05, 4.69) is 10.3 Å². The van der Waals surface area contributed by atoms with Crippen molar-refractivity contribution in [3.8, 4) is 10.6 Å². The molecule has 1 amide bonds. The average Bonchev–Trinajstić information content (AvgIpc) is 2.95. The minimum atomic E-state index is -0.190. The van der Waals surface area contributed by atoms with Crippen LogP contribution in [0.5, 0.6) is 0 Å². The second-order valence-corrected chi connectivity index (χ2v) is 6.08. The Balaban J connectivity index is 2.04. The average molecular weight is 325 g/mol. The Hall–Kier alpha value is -1.43. The van der Waals surface area contributed by atoms with E-state index in [0.717, 1.165) is 17.0 Å². The summed E-state index contributed by atoms with van der Waals surface area (Å²) >= 11 is 7.37. The van der Waals surface area contributed by atoms with Crippen LogP contribution in [0, 0.1) is 0 Å². The fourth-order valence-electron chi connectivity index (χ4n) is 1.90. The number of amides is 1. The predicted molar refractivity (Wildman–Crippen MR) is 85.8 cm³/mol. The normalized spacial score (nSPS) is 12.1. The van der Waals surface area contributed by atoms with Crippen LogP contribution in [0.15, 0.2) is 29.6 Å². The number of nitrogens with zero attached hydrogens (tertiary/aromatic N) is 1. The summed E-state index contributed by atoms with van der Waals surface area (Å²) in [5, 5.41) is 14.8. The van der Waals surface area contributed by atoms with Gasteiger partial charge in [0.25, 0.3) is 5.91 Å². The monoisotopic (exact) mass is 324 g/mol. The number of aromatic nitrogens is 1. The van der Waals surface area contributed by atoms with E-state index < -0.39 is 0 Å². The van der Waals surface area contributed by atoms with Crippen molar-refractivity contribution >= 4 is 28.8 Å². The lowest BCUT2D eigenvalue weighted by Crippen LogP contribution is -2.32. The number of aliphatic hydroxyl groups excluding tert-OH is 1. The minimum absolute atomic E-state index is 0.0148. The van der Waals surface area contributed by atoms with Gasteiger partial charge in [-0.1, -0.05) is 23.7 Å². The van der Waals surface area contributed by atoms with E-state index in [9.17, 15) is 4.79 Å². The van der Waals surface area contributed by atoms with Crippen molar-refractivity contribution in [2.45, 2.75) is 25.8 Å². The Labute approximate surface area is 132 Å². The summed E-state index contributed by atoms with van der Waals surface area (Å²) < 4.78 is 0. The summed E-state index contributed by atoms with van der Waals surface area (Å²) in [6.07, 6.45) is 1.42. The number of benzene rings is 1. The van der Waals surface area contributed by atoms with Crippen LogP contribution < -0.4 is 5.32 Å². The fourth-order valence-corrected chi connectivity index (χ4v) is 2.89. The van der Waals surface area contributed by atoms with E-state index in [1.165, 1.54) is 11.3 Å². The van der Waals surface area contributed by atoms with Crippen molar-refractivity contribution in [1.29, 1.82) is 0 Å². The number of carbonyl (C=O) groups excluding carboxylic acids is 1. The van der Waals surface area contributed by atoms with E-state index in [-0.39, 0.29) is 18.6 Å². The smallest absolute Gasteiger partial charge is 0.270 e. The van der Waals surface area contributed by atoms with E-state index in [0.29, 0.717) is 17.1 Å². The molecule has 6 heteroatoms. The molecule has 2 rings (SSSR count). The number of rotatable bonds is 6. The zero-order valence-electron chi connectivity index (χ0n) is 11.7. The third kappa shape index (κ3) is 4.52. The summed E-state index contributed by atoms with van der Waals surface area (Å²) in [6, 6.07) is 7.41. The number of thiazole rings is 1. The molecule has 0 bridgehead atoms.